The first-order valence-corrected chi connectivity index (χ1v) is 9.01. The summed E-state index contributed by atoms with van der Waals surface area (Å²) < 4.78 is 19.0. The van der Waals surface area contributed by atoms with Crippen LogP contribution < -0.4 is 10.6 Å². The third-order valence-corrected chi connectivity index (χ3v) is 4.86. The highest BCUT2D eigenvalue weighted by molar-refractivity contribution is 5.80. The molecule has 1 saturated heterocycles. The molecule has 0 bridgehead atoms. The highest BCUT2D eigenvalue weighted by atomic mass is 19.1. The minimum atomic E-state index is -0.172. The lowest BCUT2D eigenvalue weighted by atomic mass is 10.1. The van der Waals surface area contributed by atoms with Crippen LogP contribution in [0.2, 0.25) is 0 Å². The minimum absolute atomic E-state index is 0.0190. The van der Waals surface area contributed by atoms with Crippen molar-refractivity contribution in [2.75, 3.05) is 40.4 Å². The second-order valence-electron chi connectivity index (χ2n) is 6.65. The van der Waals surface area contributed by atoms with Crippen LogP contribution in [-0.4, -0.2) is 57.3 Å². The third kappa shape index (κ3) is 5.68. The summed E-state index contributed by atoms with van der Waals surface area (Å²) in [6, 6.07) is 5.83. The lowest BCUT2D eigenvalue weighted by Gasteiger charge is -2.26. The van der Waals surface area contributed by atoms with E-state index in [-0.39, 0.29) is 11.9 Å². The lowest BCUT2D eigenvalue weighted by Crippen LogP contribution is -2.46. The van der Waals surface area contributed by atoms with Gasteiger partial charge in [0.1, 0.15) is 5.82 Å². The smallest absolute Gasteiger partial charge is 0.191 e. The van der Waals surface area contributed by atoms with E-state index in [4.69, 9.17) is 4.74 Å². The van der Waals surface area contributed by atoms with E-state index in [9.17, 15) is 4.39 Å². The zero-order valence-corrected chi connectivity index (χ0v) is 15.8. The fourth-order valence-corrected chi connectivity index (χ4v) is 3.21. The summed E-state index contributed by atoms with van der Waals surface area (Å²) >= 11 is 0. The molecule has 6 heteroatoms. The maximum Gasteiger partial charge on any atom is 0.191 e. The molecular weight excluding hydrogens is 319 g/mol. The fourth-order valence-electron chi connectivity index (χ4n) is 3.21. The highest BCUT2D eigenvalue weighted by Crippen LogP contribution is 2.17. The van der Waals surface area contributed by atoms with Crippen LogP contribution >= 0.6 is 0 Å². The van der Waals surface area contributed by atoms with E-state index in [0.29, 0.717) is 11.6 Å². The maximum atomic E-state index is 13.8. The molecule has 140 valence electrons. The van der Waals surface area contributed by atoms with Crippen molar-refractivity contribution in [1.29, 1.82) is 0 Å². The summed E-state index contributed by atoms with van der Waals surface area (Å²) in [5, 5.41) is 6.75. The molecule has 2 unspecified atom stereocenters. The third-order valence-electron chi connectivity index (χ3n) is 4.86. The van der Waals surface area contributed by atoms with Gasteiger partial charge in [0.05, 0.1) is 12.6 Å². The molecule has 1 heterocycles. The summed E-state index contributed by atoms with van der Waals surface area (Å²) in [7, 11) is 3.50. The number of aliphatic imine (C=N–C) groups is 1. The molecule has 2 atom stereocenters. The van der Waals surface area contributed by atoms with Gasteiger partial charge in [0.2, 0.25) is 0 Å². The summed E-state index contributed by atoms with van der Waals surface area (Å²) in [5.74, 6) is 0.570. The first-order valence-electron chi connectivity index (χ1n) is 9.01. The van der Waals surface area contributed by atoms with Crippen molar-refractivity contribution in [3.05, 3.63) is 35.1 Å². The number of ether oxygens (including phenoxy) is 1. The number of nitrogens with one attached hydrogen (secondary N) is 2. The Morgan fingerprint density at radius 1 is 1.48 bits per heavy atom. The van der Waals surface area contributed by atoms with Gasteiger partial charge in [-0.15, -0.1) is 0 Å². The molecular formula is C19H31FN4O. The Labute approximate surface area is 150 Å². The number of hydrogen-bond donors (Lipinski definition) is 2. The summed E-state index contributed by atoms with van der Waals surface area (Å²) in [4.78, 5) is 6.76. The monoisotopic (exact) mass is 350 g/mol. The Balaban J connectivity index is 1.86. The average molecular weight is 350 g/mol. The molecule has 5 nitrogen and oxygen atoms in total. The minimum Gasteiger partial charge on any atom is -0.383 e. The summed E-state index contributed by atoms with van der Waals surface area (Å²) in [6.07, 6.45) is 2.41. The van der Waals surface area contributed by atoms with Gasteiger partial charge in [0.15, 0.2) is 5.96 Å². The van der Waals surface area contributed by atoms with Crippen LogP contribution in [0.25, 0.3) is 0 Å². The van der Waals surface area contributed by atoms with Gasteiger partial charge in [0, 0.05) is 33.3 Å². The molecule has 1 aromatic rings. The van der Waals surface area contributed by atoms with Crippen LogP contribution in [0, 0.1) is 12.7 Å². The van der Waals surface area contributed by atoms with Crippen molar-refractivity contribution in [3.8, 4) is 0 Å². The normalized spacial score (nSPS) is 19.9. The van der Waals surface area contributed by atoms with E-state index in [1.54, 1.807) is 27.1 Å². The Kier molecular flexibility index (Phi) is 7.65. The molecule has 1 fully saturated rings. The van der Waals surface area contributed by atoms with E-state index in [2.05, 4.69) is 20.5 Å². The molecule has 25 heavy (non-hydrogen) atoms. The second kappa shape index (κ2) is 9.73. The highest BCUT2D eigenvalue weighted by Gasteiger charge is 2.24. The van der Waals surface area contributed by atoms with Crippen molar-refractivity contribution in [1.82, 2.24) is 15.5 Å². The lowest BCUT2D eigenvalue weighted by molar-refractivity contribution is 0.141. The molecule has 1 aromatic carbocycles. The number of aryl methyl sites for hydroxylation is 1. The topological polar surface area (TPSA) is 48.9 Å². The molecule has 0 radical (unpaired) electrons. The van der Waals surface area contributed by atoms with Gasteiger partial charge >= 0.3 is 0 Å². The van der Waals surface area contributed by atoms with E-state index < -0.39 is 0 Å². The number of hydrogen-bond acceptors (Lipinski definition) is 3. The first-order chi connectivity index (χ1) is 12.0. The zero-order valence-electron chi connectivity index (χ0n) is 15.8. The van der Waals surface area contributed by atoms with Gasteiger partial charge in [-0.05, 0) is 50.4 Å². The quantitative estimate of drug-likeness (QED) is 0.586. The van der Waals surface area contributed by atoms with Crippen LogP contribution in [0.4, 0.5) is 4.39 Å². The standard InChI is InChI=1S/C19H31FN4O/c1-14-7-8-16(12-18(14)20)15(2)23-19(21-3)22-13-17-6-5-9-24(17)10-11-25-4/h7-8,12,15,17H,5-6,9-11,13H2,1-4H3,(H2,21,22,23). The van der Waals surface area contributed by atoms with Crippen molar-refractivity contribution >= 4 is 5.96 Å². The molecule has 1 aliphatic rings. The van der Waals surface area contributed by atoms with E-state index in [0.717, 1.165) is 37.8 Å². The zero-order chi connectivity index (χ0) is 18.2. The number of nitrogens with zero attached hydrogens (tertiary/aromatic N) is 2. The van der Waals surface area contributed by atoms with E-state index >= 15 is 0 Å². The molecule has 0 saturated carbocycles. The van der Waals surface area contributed by atoms with Gasteiger partial charge in [-0.2, -0.15) is 0 Å². The maximum absolute atomic E-state index is 13.8. The van der Waals surface area contributed by atoms with Gasteiger partial charge in [-0.3, -0.25) is 9.89 Å². The summed E-state index contributed by atoms with van der Waals surface area (Å²) in [6.45, 7) is 7.48. The number of benzene rings is 1. The molecule has 0 spiro atoms. The van der Waals surface area contributed by atoms with Crippen LogP contribution in [0.5, 0.6) is 0 Å². The fraction of sp³-hybridized carbons (Fsp3) is 0.632. The number of methoxy groups -OCH3 is 1. The van der Waals surface area contributed by atoms with Crippen LogP contribution in [0.1, 0.15) is 36.9 Å². The largest absolute Gasteiger partial charge is 0.383 e. The molecule has 2 N–H and O–H groups in total. The Morgan fingerprint density at radius 2 is 2.28 bits per heavy atom. The van der Waals surface area contributed by atoms with Crippen molar-refractivity contribution in [2.45, 2.75) is 38.8 Å². The van der Waals surface area contributed by atoms with Crippen molar-refractivity contribution in [3.63, 3.8) is 0 Å². The molecule has 1 aliphatic heterocycles. The molecule has 0 amide bonds. The van der Waals surface area contributed by atoms with Crippen LogP contribution in [0.15, 0.2) is 23.2 Å². The molecule has 0 aliphatic carbocycles. The Morgan fingerprint density at radius 3 is 2.96 bits per heavy atom. The van der Waals surface area contributed by atoms with Gasteiger partial charge < -0.3 is 15.4 Å². The molecule has 0 aromatic heterocycles. The van der Waals surface area contributed by atoms with Crippen LogP contribution in [-0.2, 0) is 4.74 Å². The van der Waals surface area contributed by atoms with Crippen molar-refractivity contribution in [2.24, 2.45) is 4.99 Å². The van der Waals surface area contributed by atoms with Crippen LogP contribution in [0.3, 0.4) is 0 Å². The predicted molar refractivity (Wildman–Crippen MR) is 101 cm³/mol. The van der Waals surface area contributed by atoms with Gasteiger partial charge in [-0.25, -0.2) is 4.39 Å². The van der Waals surface area contributed by atoms with Gasteiger partial charge in [-0.1, -0.05) is 12.1 Å². The van der Waals surface area contributed by atoms with E-state index in [1.165, 1.54) is 12.8 Å². The SMILES string of the molecule is CN=C(NCC1CCCN1CCOC)NC(C)c1ccc(C)c(F)c1. The predicted octanol–water partition coefficient (Wildman–Crippen LogP) is 2.47. The number of rotatable bonds is 7. The number of halogens is 1. The van der Waals surface area contributed by atoms with E-state index in [1.807, 2.05) is 19.1 Å². The second-order valence-corrected chi connectivity index (χ2v) is 6.65. The Bertz CT molecular complexity index is 579. The Hall–Kier alpha value is -1.66. The summed E-state index contributed by atoms with van der Waals surface area (Å²) in [5.41, 5.74) is 1.57. The number of guanidine groups is 1. The average Bonchev–Trinajstić information content (AvgIpc) is 3.06. The number of likely N-dealkylation sites (tertiary alicyclic amines) is 1. The molecule has 2 rings (SSSR count). The van der Waals surface area contributed by atoms with Crippen molar-refractivity contribution < 1.29 is 9.13 Å². The van der Waals surface area contributed by atoms with Gasteiger partial charge in [0.25, 0.3) is 0 Å². The first kappa shape index (κ1) is 19.7.